The van der Waals surface area contributed by atoms with E-state index in [4.69, 9.17) is 0 Å². The normalized spacial score (nSPS) is 10.9. The lowest BCUT2D eigenvalue weighted by Gasteiger charge is -2.25. The van der Waals surface area contributed by atoms with Crippen LogP contribution >= 0.6 is 0 Å². The van der Waals surface area contributed by atoms with E-state index < -0.39 is 21.2 Å². The number of nitrogens with zero attached hydrogens (tertiary/aromatic N) is 6. The number of aromatic nitrogens is 3. The zero-order chi connectivity index (χ0) is 36.3. The second-order valence-corrected chi connectivity index (χ2v) is 12.1. The van der Waals surface area contributed by atoms with E-state index in [1.54, 1.807) is 24.3 Å². The highest BCUT2D eigenvalue weighted by molar-refractivity contribution is 6.10. The number of benzene rings is 7. The van der Waals surface area contributed by atoms with Crippen molar-refractivity contribution in [2.45, 2.75) is 0 Å². The van der Waals surface area contributed by atoms with E-state index in [1.165, 1.54) is 0 Å². The summed E-state index contributed by atoms with van der Waals surface area (Å²) in [7, 11) is 0. The lowest BCUT2D eigenvalue weighted by atomic mass is 9.93. The van der Waals surface area contributed by atoms with Gasteiger partial charge in [-0.05, 0) is 83.9 Å². The number of hydrogen-bond acceptors (Lipinski definition) is 8. The predicted molar refractivity (Wildman–Crippen MR) is 207 cm³/mol. The number of para-hydroxylation sites is 4. The molecule has 0 bridgehead atoms. The van der Waals surface area contributed by atoms with E-state index in [0.29, 0.717) is 11.1 Å². The van der Waals surface area contributed by atoms with Crippen molar-refractivity contribution in [3.63, 3.8) is 0 Å². The highest BCUT2D eigenvalue weighted by atomic mass is 16.6. The Balaban J connectivity index is 1.26. The monoisotopic (exact) mass is 695 g/mol. The number of rotatable bonds is 10. The Morgan fingerprint density at radius 3 is 1.11 bits per heavy atom. The van der Waals surface area contributed by atoms with Gasteiger partial charge in [0.25, 0.3) is 0 Å². The maximum atomic E-state index is 12.9. The molecule has 1 N–H and O–H groups in total. The Kier molecular flexibility index (Phi) is 8.55. The molecule has 0 saturated heterocycles. The van der Waals surface area contributed by atoms with Gasteiger partial charge in [-0.15, -0.1) is 5.10 Å². The zero-order valence-corrected chi connectivity index (χ0v) is 28.0. The Bertz CT molecular complexity index is 2290. The van der Waals surface area contributed by atoms with Gasteiger partial charge in [-0.2, -0.15) is 0 Å². The molecule has 0 radical (unpaired) electrons. The third-order valence-electron chi connectivity index (χ3n) is 8.98. The molecule has 256 valence electrons. The summed E-state index contributed by atoms with van der Waals surface area (Å²) in [6.07, 6.45) is 0. The molecular weight excluding hydrogens is 667 g/mol. The standard InChI is InChI=1S/C42H29N7O4/c50-48(51)41-37(29-21-25-35(26-22-29)46(31-13-5-1-6-14-31)32-15-7-2-8-16-32)39-40(44-45-43-39)38(42(41)49(52)53)30-23-27-36(28-24-30)47(33-17-9-3-10-18-33)34-19-11-4-12-20-34/h1-28H,(H,43,44,45). The topological polar surface area (TPSA) is 134 Å². The molecule has 1 heterocycles. The minimum atomic E-state index is -0.708. The largest absolute Gasteiger partial charge is 0.356 e. The van der Waals surface area contributed by atoms with Crippen molar-refractivity contribution in [1.82, 2.24) is 15.4 Å². The molecule has 0 aliphatic carbocycles. The molecule has 11 heteroatoms. The first-order chi connectivity index (χ1) is 26.0. The van der Waals surface area contributed by atoms with Crippen LogP contribution in [0.1, 0.15) is 0 Å². The van der Waals surface area contributed by atoms with Crippen molar-refractivity contribution in [2.75, 3.05) is 9.80 Å². The molecule has 8 rings (SSSR count). The van der Waals surface area contributed by atoms with Gasteiger partial charge in [-0.1, -0.05) is 102 Å². The van der Waals surface area contributed by atoms with E-state index >= 15 is 0 Å². The number of nitro benzene ring substituents is 2. The number of nitrogens with one attached hydrogen (secondary N) is 1. The summed E-state index contributed by atoms with van der Waals surface area (Å²) in [6, 6.07) is 53.4. The van der Waals surface area contributed by atoms with Gasteiger partial charge < -0.3 is 9.80 Å². The summed E-state index contributed by atoms with van der Waals surface area (Å²) >= 11 is 0. The summed E-state index contributed by atoms with van der Waals surface area (Å²) in [6.45, 7) is 0. The predicted octanol–water partition coefficient (Wildman–Crippen LogP) is 11.0. The van der Waals surface area contributed by atoms with Crippen molar-refractivity contribution in [2.24, 2.45) is 0 Å². The first-order valence-corrected chi connectivity index (χ1v) is 16.7. The molecule has 0 atom stereocenters. The summed E-state index contributed by atoms with van der Waals surface area (Å²) in [5, 5.41) is 36.9. The van der Waals surface area contributed by atoms with Crippen LogP contribution in [-0.4, -0.2) is 25.3 Å². The smallest absolute Gasteiger partial charge is 0.311 e. The third kappa shape index (κ3) is 6.08. The quantitative estimate of drug-likeness (QED) is 0.110. The summed E-state index contributed by atoms with van der Waals surface area (Å²) in [5.41, 5.74) is 5.09. The molecule has 53 heavy (non-hydrogen) atoms. The molecule has 11 nitrogen and oxygen atoms in total. The average Bonchev–Trinajstić information content (AvgIpc) is 3.69. The highest BCUT2D eigenvalue weighted by Crippen LogP contribution is 2.50. The van der Waals surface area contributed by atoms with E-state index in [1.807, 2.05) is 146 Å². The minimum Gasteiger partial charge on any atom is -0.311 e. The van der Waals surface area contributed by atoms with Crippen molar-refractivity contribution in [1.29, 1.82) is 0 Å². The lowest BCUT2D eigenvalue weighted by molar-refractivity contribution is -0.421. The van der Waals surface area contributed by atoms with Crippen LogP contribution in [0.15, 0.2) is 170 Å². The molecule has 0 spiro atoms. The second kappa shape index (κ2) is 13.9. The van der Waals surface area contributed by atoms with E-state index in [2.05, 4.69) is 25.2 Å². The fourth-order valence-electron chi connectivity index (χ4n) is 6.71. The molecule has 0 fully saturated rings. The van der Waals surface area contributed by atoms with E-state index in [9.17, 15) is 20.2 Å². The zero-order valence-electron chi connectivity index (χ0n) is 28.0. The molecule has 0 aliphatic rings. The van der Waals surface area contributed by atoms with Gasteiger partial charge in [0.15, 0.2) is 0 Å². The van der Waals surface area contributed by atoms with Crippen LogP contribution in [0.2, 0.25) is 0 Å². The Morgan fingerprint density at radius 2 is 0.755 bits per heavy atom. The summed E-state index contributed by atoms with van der Waals surface area (Å²) < 4.78 is 0. The van der Waals surface area contributed by atoms with Gasteiger partial charge in [0.1, 0.15) is 11.0 Å². The average molecular weight is 696 g/mol. The van der Waals surface area contributed by atoms with Crippen LogP contribution in [0.5, 0.6) is 0 Å². The Hall–Kier alpha value is -7.66. The Morgan fingerprint density at radius 1 is 0.434 bits per heavy atom. The summed E-state index contributed by atoms with van der Waals surface area (Å²) in [5.74, 6) is 0. The van der Waals surface area contributed by atoms with Crippen molar-refractivity contribution in [3.05, 3.63) is 190 Å². The highest BCUT2D eigenvalue weighted by Gasteiger charge is 2.38. The van der Waals surface area contributed by atoms with Gasteiger partial charge in [0.2, 0.25) is 0 Å². The Labute approximate surface area is 303 Å². The van der Waals surface area contributed by atoms with E-state index in [0.717, 1.165) is 34.1 Å². The van der Waals surface area contributed by atoms with Gasteiger partial charge in [0.05, 0.1) is 21.0 Å². The van der Waals surface area contributed by atoms with Crippen LogP contribution in [-0.2, 0) is 0 Å². The molecule has 7 aromatic carbocycles. The van der Waals surface area contributed by atoms with Crippen LogP contribution in [0.3, 0.4) is 0 Å². The van der Waals surface area contributed by atoms with Crippen molar-refractivity contribution >= 4 is 56.5 Å². The number of aromatic amines is 1. The van der Waals surface area contributed by atoms with Gasteiger partial charge in [-0.25, -0.2) is 0 Å². The molecule has 1 aromatic heterocycles. The van der Waals surface area contributed by atoms with E-state index in [-0.39, 0.29) is 22.2 Å². The third-order valence-corrected chi connectivity index (χ3v) is 8.98. The molecule has 0 unspecified atom stereocenters. The molecule has 0 amide bonds. The SMILES string of the molecule is O=[N+]([O-])c1c([N+](=O)[O-])c(-c2ccc(N(c3ccccc3)c3ccccc3)cc2)c2[nH]nnc2c1-c1ccc(N(c2ccccc2)c2ccccc2)cc1. The van der Waals surface area contributed by atoms with Crippen LogP contribution in [0.4, 0.5) is 45.5 Å². The molecule has 0 saturated carbocycles. The first kappa shape index (κ1) is 32.5. The molecule has 0 aliphatic heterocycles. The first-order valence-electron chi connectivity index (χ1n) is 16.7. The minimum absolute atomic E-state index is 0.00247. The second-order valence-electron chi connectivity index (χ2n) is 12.1. The van der Waals surface area contributed by atoms with Crippen molar-refractivity contribution < 1.29 is 9.85 Å². The van der Waals surface area contributed by atoms with Gasteiger partial charge in [-0.3, -0.25) is 25.3 Å². The number of anilines is 6. The van der Waals surface area contributed by atoms with Gasteiger partial charge in [0, 0.05) is 34.1 Å². The number of H-pyrrole nitrogens is 1. The lowest BCUT2D eigenvalue weighted by Crippen LogP contribution is -2.09. The fraction of sp³-hybridized carbons (Fsp3) is 0. The number of fused-ring (bicyclic) bond motifs is 1. The van der Waals surface area contributed by atoms with Gasteiger partial charge >= 0.3 is 11.4 Å². The van der Waals surface area contributed by atoms with Crippen LogP contribution in [0.25, 0.3) is 33.3 Å². The fourth-order valence-corrected chi connectivity index (χ4v) is 6.71. The van der Waals surface area contributed by atoms with Crippen LogP contribution < -0.4 is 9.80 Å². The maximum absolute atomic E-state index is 12.9. The molecular formula is C42H29N7O4. The van der Waals surface area contributed by atoms with Crippen LogP contribution in [0, 0.1) is 20.2 Å². The number of hydrogen-bond donors (Lipinski definition) is 1. The van der Waals surface area contributed by atoms with Crippen molar-refractivity contribution in [3.8, 4) is 22.3 Å². The summed E-state index contributed by atoms with van der Waals surface area (Å²) in [4.78, 5) is 28.5. The number of nitro groups is 2. The maximum Gasteiger partial charge on any atom is 0.356 e. The molecule has 8 aromatic rings.